The molecule has 1 spiro atoms. The average Bonchev–Trinajstić information content (AvgIpc) is 3.04. The van der Waals surface area contributed by atoms with E-state index in [1.807, 2.05) is 23.5 Å². The fourth-order valence-electron chi connectivity index (χ4n) is 5.49. The van der Waals surface area contributed by atoms with Gasteiger partial charge in [-0.05, 0) is 48.8 Å². The molecule has 3 aliphatic rings. The smallest absolute Gasteiger partial charge is 0.129 e. The quantitative estimate of drug-likeness (QED) is 0.578. The molecule has 0 N–H and O–H groups in total. The van der Waals surface area contributed by atoms with Crippen molar-refractivity contribution in [1.82, 2.24) is 0 Å². The minimum absolute atomic E-state index is 0.174. The second-order valence-corrected chi connectivity index (χ2v) is 10.7. The summed E-state index contributed by atoms with van der Waals surface area (Å²) in [4.78, 5) is 2.62. The van der Waals surface area contributed by atoms with E-state index in [0.29, 0.717) is 16.9 Å². The summed E-state index contributed by atoms with van der Waals surface area (Å²) < 4.78 is 6.78. The summed E-state index contributed by atoms with van der Waals surface area (Å²) >= 11 is 3.89. The number of ether oxygens (including phenoxy) is 1. The Morgan fingerprint density at radius 1 is 1.04 bits per heavy atom. The summed E-state index contributed by atoms with van der Waals surface area (Å²) in [5.74, 6) is 2.09. The van der Waals surface area contributed by atoms with E-state index in [-0.39, 0.29) is 5.44 Å². The van der Waals surface area contributed by atoms with Crippen LogP contribution in [0.4, 0.5) is 0 Å². The van der Waals surface area contributed by atoms with Crippen molar-refractivity contribution in [3.05, 3.63) is 60.2 Å². The van der Waals surface area contributed by atoms with E-state index < -0.39 is 0 Å². The average molecular weight is 383 g/mol. The van der Waals surface area contributed by atoms with Gasteiger partial charge in [0, 0.05) is 26.5 Å². The highest BCUT2D eigenvalue weighted by Gasteiger charge is 2.66. The van der Waals surface area contributed by atoms with Gasteiger partial charge in [-0.15, -0.1) is 11.8 Å². The van der Waals surface area contributed by atoms with Crippen LogP contribution in [0.5, 0.6) is 0 Å². The first-order valence-corrected chi connectivity index (χ1v) is 11.6. The molecule has 2 bridgehead atoms. The number of hydrogen-bond acceptors (Lipinski definition) is 3. The molecule has 3 heteroatoms. The summed E-state index contributed by atoms with van der Waals surface area (Å²) in [6.07, 6.45) is 4.46. The van der Waals surface area contributed by atoms with Gasteiger partial charge in [-0.25, -0.2) is 0 Å². The molecule has 1 nitrogen and oxygen atoms in total. The first-order chi connectivity index (χ1) is 12.6. The largest absolute Gasteiger partial charge is 0.359 e. The summed E-state index contributed by atoms with van der Waals surface area (Å²) in [5.41, 5.74) is 2.36. The van der Waals surface area contributed by atoms with Crippen LogP contribution in [-0.2, 0) is 4.74 Å². The molecule has 5 rings (SSSR count). The standard InChI is InChI=1S/C23H26OS2/c1-22(2)16-12-13-23(22)15-25-21(24-20(23)14-16)18-10-6-7-11-19(18)26-17-8-4-3-5-9-17/h3-11,16,20-21H,12-15H2,1-2H3/t16?,20-,21-,23?/m1/s1. The van der Waals surface area contributed by atoms with Crippen LogP contribution in [0.15, 0.2) is 64.4 Å². The molecule has 1 heterocycles. The van der Waals surface area contributed by atoms with Crippen molar-refractivity contribution in [3.8, 4) is 0 Å². The van der Waals surface area contributed by atoms with Gasteiger partial charge in [0.1, 0.15) is 5.44 Å². The molecule has 3 fully saturated rings. The maximum atomic E-state index is 6.78. The van der Waals surface area contributed by atoms with E-state index in [2.05, 4.69) is 68.4 Å². The molecule has 0 aromatic heterocycles. The highest BCUT2D eigenvalue weighted by atomic mass is 32.2. The van der Waals surface area contributed by atoms with Crippen molar-refractivity contribution >= 4 is 23.5 Å². The van der Waals surface area contributed by atoms with Crippen LogP contribution in [0, 0.1) is 16.7 Å². The Balaban J connectivity index is 1.41. The lowest BCUT2D eigenvalue weighted by atomic mass is 9.69. The fraction of sp³-hybridized carbons (Fsp3) is 0.478. The zero-order valence-electron chi connectivity index (χ0n) is 15.5. The van der Waals surface area contributed by atoms with Gasteiger partial charge < -0.3 is 4.74 Å². The number of benzene rings is 2. The highest BCUT2D eigenvalue weighted by Crippen LogP contribution is 2.70. The molecule has 1 saturated heterocycles. The Kier molecular flexibility index (Phi) is 4.19. The first-order valence-electron chi connectivity index (χ1n) is 9.69. The summed E-state index contributed by atoms with van der Waals surface area (Å²) in [7, 11) is 0. The Morgan fingerprint density at radius 2 is 1.81 bits per heavy atom. The van der Waals surface area contributed by atoms with Crippen LogP contribution >= 0.6 is 23.5 Å². The maximum Gasteiger partial charge on any atom is 0.129 e. The molecule has 0 amide bonds. The molecule has 2 aliphatic carbocycles. The van der Waals surface area contributed by atoms with E-state index in [1.165, 1.54) is 40.4 Å². The summed E-state index contributed by atoms with van der Waals surface area (Å²) in [5, 5.41) is 0. The number of rotatable bonds is 3. The minimum atomic E-state index is 0.174. The van der Waals surface area contributed by atoms with Crippen LogP contribution in [0.3, 0.4) is 0 Å². The predicted octanol–water partition coefficient (Wildman–Crippen LogP) is 6.79. The third kappa shape index (κ3) is 2.51. The third-order valence-corrected chi connectivity index (χ3v) is 9.73. The lowest BCUT2D eigenvalue weighted by Crippen LogP contribution is -2.45. The molecule has 4 atom stereocenters. The highest BCUT2D eigenvalue weighted by molar-refractivity contribution is 8.00. The summed E-state index contributed by atoms with van der Waals surface area (Å²) in [6, 6.07) is 19.5. The predicted molar refractivity (Wildman–Crippen MR) is 111 cm³/mol. The van der Waals surface area contributed by atoms with Gasteiger partial charge in [-0.3, -0.25) is 0 Å². The molecule has 2 unspecified atom stereocenters. The van der Waals surface area contributed by atoms with Gasteiger partial charge in [-0.1, -0.05) is 62.0 Å². The van der Waals surface area contributed by atoms with Crippen LogP contribution in [-0.4, -0.2) is 11.9 Å². The Hall–Kier alpha value is -0.900. The van der Waals surface area contributed by atoms with Gasteiger partial charge in [0.05, 0.1) is 6.10 Å². The molecule has 2 aromatic rings. The molecule has 0 radical (unpaired) electrons. The number of fused-ring (bicyclic) bond motifs is 1. The zero-order valence-corrected chi connectivity index (χ0v) is 17.1. The van der Waals surface area contributed by atoms with E-state index in [4.69, 9.17) is 4.74 Å². The van der Waals surface area contributed by atoms with Crippen LogP contribution in [0.2, 0.25) is 0 Å². The zero-order chi connectivity index (χ0) is 17.8. The first kappa shape index (κ1) is 17.2. The van der Waals surface area contributed by atoms with E-state index >= 15 is 0 Å². The van der Waals surface area contributed by atoms with Crippen molar-refractivity contribution in [3.63, 3.8) is 0 Å². The van der Waals surface area contributed by atoms with Gasteiger partial charge in [0.15, 0.2) is 0 Å². The van der Waals surface area contributed by atoms with Crippen molar-refractivity contribution < 1.29 is 4.74 Å². The Morgan fingerprint density at radius 3 is 2.62 bits per heavy atom. The molecule has 136 valence electrons. The van der Waals surface area contributed by atoms with Crippen molar-refractivity contribution in [2.24, 2.45) is 16.7 Å². The lowest BCUT2D eigenvalue weighted by Gasteiger charge is -2.47. The third-order valence-electron chi connectivity index (χ3n) is 7.28. The molecular formula is C23H26OS2. The van der Waals surface area contributed by atoms with Gasteiger partial charge >= 0.3 is 0 Å². The van der Waals surface area contributed by atoms with Gasteiger partial charge in [-0.2, -0.15) is 0 Å². The molecule has 26 heavy (non-hydrogen) atoms. The van der Waals surface area contributed by atoms with E-state index in [9.17, 15) is 0 Å². The van der Waals surface area contributed by atoms with E-state index in [1.54, 1.807) is 0 Å². The lowest BCUT2D eigenvalue weighted by molar-refractivity contribution is -0.0676. The van der Waals surface area contributed by atoms with Crippen LogP contribution < -0.4 is 0 Å². The van der Waals surface area contributed by atoms with E-state index in [0.717, 1.165) is 5.92 Å². The maximum absolute atomic E-state index is 6.78. The number of thioether (sulfide) groups is 1. The Labute approximate surface area is 165 Å². The second kappa shape index (κ2) is 6.32. The van der Waals surface area contributed by atoms with Crippen LogP contribution in [0.25, 0.3) is 0 Å². The SMILES string of the molecule is CC1(C)C2CCC13CS[C@H](c1ccccc1Sc1ccccc1)O[C@@H]3C2. The van der Waals surface area contributed by atoms with Crippen LogP contribution in [0.1, 0.15) is 44.1 Å². The molecule has 2 aromatic carbocycles. The molecular weight excluding hydrogens is 356 g/mol. The minimum Gasteiger partial charge on any atom is -0.359 e. The van der Waals surface area contributed by atoms with Crippen molar-refractivity contribution in [2.75, 3.05) is 5.75 Å². The fourth-order valence-corrected chi connectivity index (χ4v) is 8.30. The van der Waals surface area contributed by atoms with Crippen molar-refractivity contribution in [1.29, 1.82) is 0 Å². The van der Waals surface area contributed by atoms with Gasteiger partial charge in [0.2, 0.25) is 0 Å². The Bertz CT molecular complexity index is 803. The second-order valence-electron chi connectivity index (χ2n) is 8.57. The van der Waals surface area contributed by atoms with Gasteiger partial charge in [0.25, 0.3) is 0 Å². The topological polar surface area (TPSA) is 9.23 Å². The molecule has 2 saturated carbocycles. The monoisotopic (exact) mass is 382 g/mol. The summed E-state index contributed by atoms with van der Waals surface area (Å²) in [6.45, 7) is 4.99. The molecule has 1 aliphatic heterocycles. The van der Waals surface area contributed by atoms with Crippen molar-refractivity contribution in [2.45, 2.75) is 54.4 Å². The normalized spacial score (nSPS) is 34.6. The number of hydrogen-bond donors (Lipinski definition) is 0.